The first-order valence-corrected chi connectivity index (χ1v) is 6.67. The van der Waals surface area contributed by atoms with E-state index in [1.807, 2.05) is 0 Å². The largest absolute Gasteiger partial charge is 0.484 e. The summed E-state index contributed by atoms with van der Waals surface area (Å²) in [6, 6.07) is 5.03. The Bertz CT molecular complexity index is 530. The molecule has 0 fully saturated rings. The van der Waals surface area contributed by atoms with Gasteiger partial charge < -0.3 is 20.3 Å². The van der Waals surface area contributed by atoms with E-state index in [2.05, 4.69) is 5.32 Å². The number of halogens is 1. The first kappa shape index (κ1) is 17.3. The minimum Gasteiger partial charge on any atom is -0.484 e. The van der Waals surface area contributed by atoms with Gasteiger partial charge in [-0.25, -0.2) is 0 Å². The number of carbonyl (C=O) groups excluding carboxylic acids is 1. The molecule has 1 amide bonds. The van der Waals surface area contributed by atoms with Gasteiger partial charge in [0.05, 0.1) is 12.0 Å². The zero-order chi connectivity index (χ0) is 16.0. The van der Waals surface area contributed by atoms with Crippen molar-refractivity contribution in [2.75, 3.05) is 13.2 Å². The van der Waals surface area contributed by atoms with E-state index in [0.29, 0.717) is 10.8 Å². The Morgan fingerprint density at radius 3 is 2.67 bits per heavy atom. The fourth-order valence-electron chi connectivity index (χ4n) is 1.65. The first-order chi connectivity index (χ1) is 9.69. The second kappa shape index (κ2) is 7.28. The van der Waals surface area contributed by atoms with Gasteiger partial charge in [0.1, 0.15) is 5.75 Å². The number of carbonyl (C=O) groups is 2. The third-order valence-electron chi connectivity index (χ3n) is 2.69. The standard InChI is InChI=1S/C14H18ClNO5/c1-9-5-10(15)3-4-11(9)21-7-12(17)16-8-14(2,20)6-13(18)19/h3-5,20H,6-8H2,1-2H3,(H,16,17)(H,18,19). The molecule has 1 atom stereocenters. The monoisotopic (exact) mass is 315 g/mol. The Hall–Kier alpha value is -1.79. The van der Waals surface area contributed by atoms with Gasteiger partial charge in [-0.2, -0.15) is 0 Å². The Kier molecular flexibility index (Phi) is 5.99. The molecular weight excluding hydrogens is 298 g/mol. The van der Waals surface area contributed by atoms with Crippen molar-refractivity contribution in [1.29, 1.82) is 0 Å². The third kappa shape index (κ3) is 6.46. The normalized spacial score (nSPS) is 13.3. The predicted octanol–water partition coefficient (Wildman–Crippen LogP) is 1.37. The van der Waals surface area contributed by atoms with Gasteiger partial charge in [-0.15, -0.1) is 0 Å². The van der Waals surface area contributed by atoms with Crippen LogP contribution in [-0.4, -0.2) is 40.8 Å². The van der Waals surface area contributed by atoms with E-state index in [-0.39, 0.29) is 13.2 Å². The van der Waals surface area contributed by atoms with E-state index in [9.17, 15) is 14.7 Å². The summed E-state index contributed by atoms with van der Waals surface area (Å²) in [5.74, 6) is -1.05. The lowest BCUT2D eigenvalue weighted by molar-refractivity contribution is -0.142. The molecule has 0 heterocycles. The average molecular weight is 316 g/mol. The lowest BCUT2D eigenvalue weighted by atomic mass is 10.0. The van der Waals surface area contributed by atoms with Gasteiger partial charge in [0, 0.05) is 11.6 Å². The molecule has 6 nitrogen and oxygen atoms in total. The molecule has 0 aliphatic carbocycles. The zero-order valence-corrected chi connectivity index (χ0v) is 12.6. The molecule has 0 radical (unpaired) electrons. The molecule has 0 saturated carbocycles. The Balaban J connectivity index is 2.42. The van der Waals surface area contributed by atoms with Crippen LogP contribution in [0.3, 0.4) is 0 Å². The first-order valence-electron chi connectivity index (χ1n) is 6.29. The van der Waals surface area contributed by atoms with Crippen molar-refractivity contribution in [3.63, 3.8) is 0 Å². The molecule has 3 N–H and O–H groups in total. The Morgan fingerprint density at radius 2 is 2.10 bits per heavy atom. The number of aliphatic carboxylic acids is 1. The molecule has 0 saturated heterocycles. The van der Waals surface area contributed by atoms with Crippen molar-refractivity contribution < 1.29 is 24.5 Å². The quantitative estimate of drug-likeness (QED) is 0.706. The van der Waals surface area contributed by atoms with Gasteiger partial charge in [0.25, 0.3) is 5.91 Å². The highest BCUT2D eigenvalue weighted by molar-refractivity contribution is 6.30. The summed E-state index contributed by atoms with van der Waals surface area (Å²) in [5, 5.41) is 21.4. The molecule has 1 aromatic carbocycles. The van der Waals surface area contributed by atoms with Crippen LogP contribution in [0.15, 0.2) is 18.2 Å². The Morgan fingerprint density at radius 1 is 1.43 bits per heavy atom. The van der Waals surface area contributed by atoms with E-state index in [1.54, 1.807) is 25.1 Å². The fourth-order valence-corrected chi connectivity index (χ4v) is 1.87. The lowest BCUT2D eigenvalue weighted by Gasteiger charge is -2.21. The number of ether oxygens (including phenoxy) is 1. The van der Waals surface area contributed by atoms with E-state index < -0.39 is 23.9 Å². The van der Waals surface area contributed by atoms with Crippen molar-refractivity contribution in [3.8, 4) is 5.75 Å². The number of amides is 1. The summed E-state index contributed by atoms with van der Waals surface area (Å²) in [7, 11) is 0. The maximum Gasteiger partial charge on any atom is 0.306 e. The third-order valence-corrected chi connectivity index (χ3v) is 2.93. The number of hydrogen-bond donors (Lipinski definition) is 3. The van der Waals surface area contributed by atoms with Crippen LogP contribution in [0.25, 0.3) is 0 Å². The SMILES string of the molecule is Cc1cc(Cl)ccc1OCC(=O)NCC(C)(O)CC(=O)O. The van der Waals surface area contributed by atoms with Crippen LogP contribution in [0.5, 0.6) is 5.75 Å². The summed E-state index contributed by atoms with van der Waals surface area (Å²) in [5.41, 5.74) is -0.703. The molecule has 1 rings (SSSR count). The second-order valence-electron chi connectivity index (χ2n) is 5.04. The van der Waals surface area contributed by atoms with Gasteiger partial charge in [-0.3, -0.25) is 9.59 Å². The van der Waals surface area contributed by atoms with Crippen molar-refractivity contribution in [2.45, 2.75) is 25.9 Å². The number of aliphatic hydroxyl groups is 1. The Labute approximate surface area is 127 Å². The summed E-state index contributed by atoms with van der Waals surface area (Å²) in [6.45, 7) is 2.75. The highest BCUT2D eigenvalue weighted by Crippen LogP contribution is 2.21. The van der Waals surface area contributed by atoms with Crippen molar-refractivity contribution in [3.05, 3.63) is 28.8 Å². The summed E-state index contributed by atoms with van der Waals surface area (Å²) < 4.78 is 5.33. The second-order valence-corrected chi connectivity index (χ2v) is 5.48. The molecular formula is C14H18ClNO5. The number of aryl methyl sites for hydroxylation is 1. The van der Waals surface area contributed by atoms with Crippen LogP contribution in [0.1, 0.15) is 18.9 Å². The molecule has 0 aliphatic rings. The molecule has 0 bridgehead atoms. The van der Waals surface area contributed by atoms with Gasteiger partial charge in [0.15, 0.2) is 6.61 Å². The highest BCUT2D eigenvalue weighted by Gasteiger charge is 2.24. The molecule has 0 aliphatic heterocycles. The maximum absolute atomic E-state index is 11.6. The summed E-state index contributed by atoms with van der Waals surface area (Å²) in [4.78, 5) is 22.1. The number of rotatable bonds is 7. The summed E-state index contributed by atoms with van der Waals surface area (Å²) in [6.07, 6.45) is -0.454. The molecule has 21 heavy (non-hydrogen) atoms. The van der Waals surface area contributed by atoms with E-state index in [0.717, 1.165) is 5.56 Å². The van der Waals surface area contributed by atoms with Crippen LogP contribution in [0, 0.1) is 6.92 Å². The molecule has 116 valence electrons. The fraction of sp³-hybridized carbons (Fsp3) is 0.429. The van der Waals surface area contributed by atoms with E-state index >= 15 is 0 Å². The minimum atomic E-state index is -1.50. The maximum atomic E-state index is 11.6. The van der Waals surface area contributed by atoms with Crippen molar-refractivity contribution in [1.82, 2.24) is 5.32 Å². The van der Waals surface area contributed by atoms with Gasteiger partial charge >= 0.3 is 5.97 Å². The van der Waals surface area contributed by atoms with Crippen molar-refractivity contribution >= 4 is 23.5 Å². The van der Waals surface area contributed by atoms with Gasteiger partial charge in [-0.05, 0) is 37.6 Å². The minimum absolute atomic E-state index is 0.166. The van der Waals surface area contributed by atoms with Crippen molar-refractivity contribution in [2.24, 2.45) is 0 Å². The smallest absolute Gasteiger partial charge is 0.306 e. The number of hydrogen-bond acceptors (Lipinski definition) is 4. The van der Waals surface area contributed by atoms with Crippen LogP contribution < -0.4 is 10.1 Å². The number of carboxylic acid groups (broad SMARTS) is 1. The molecule has 0 spiro atoms. The van der Waals surface area contributed by atoms with E-state index in [1.165, 1.54) is 6.92 Å². The van der Waals surface area contributed by atoms with Crippen LogP contribution in [0.4, 0.5) is 0 Å². The van der Waals surface area contributed by atoms with Crippen LogP contribution >= 0.6 is 11.6 Å². The van der Waals surface area contributed by atoms with E-state index in [4.69, 9.17) is 21.4 Å². The number of carboxylic acids is 1. The molecule has 7 heteroatoms. The number of nitrogens with one attached hydrogen (secondary N) is 1. The highest BCUT2D eigenvalue weighted by atomic mass is 35.5. The molecule has 1 aromatic rings. The predicted molar refractivity (Wildman–Crippen MR) is 77.6 cm³/mol. The lowest BCUT2D eigenvalue weighted by Crippen LogP contribution is -2.43. The van der Waals surface area contributed by atoms with Crippen LogP contribution in [-0.2, 0) is 9.59 Å². The molecule has 0 aromatic heterocycles. The summed E-state index contributed by atoms with van der Waals surface area (Å²) >= 11 is 5.81. The van der Waals surface area contributed by atoms with Crippen LogP contribution in [0.2, 0.25) is 5.02 Å². The van der Waals surface area contributed by atoms with Gasteiger partial charge in [0.2, 0.25) is 0 Å². The number of benzene rings is 1. The molecule has 1 unspecified atom stereocenters. The average Bonchev–Trinajstić information content (AvgIpc) is 2.34. The zero-order valence-electron chi connectivity index (χ0n) is 11.9. The van der Waals surface area contributed by atoms with Gasteiger partial charge in [-0.1, -0.05) is 11.6 Å². The topological polar surface area (TPSA) is 95.9 Å².